The number of unbranched alkanes of at least 4 members (excludes halogenated alkanes) is 7. The molecule has 0 saturated carbocycles. The fraction of sp³-hybridized carbons (Fsp3) is 0.559. The molecule has 0 spiro atoms. The number of benzene rings is 2. The van der Waals surface area contributed by atoms with Gasteiger partial charge in [0.15, 0.2) is 0 Å². The highest BCUT2D eigenvalue weighted by atomic mass is 16.5. The molecule has 0 aliphatic heterocycles. The summed E-state index contributed by atoms with van der Waals surface area (Å²) in [5.74, 6) is 1.96. The molecule has 2 aromatic rings. The molecular formula is C34H48O2. The molecule has 3 rings (SSSR count). The summed E-state index contributed by atoms with van der Waals surface area (Å²) in [5, 5.41) is 0. The van der Waals surface area contributed by atoms with E-state index in [0.717, 1.165) is 24.7 Å². The number of carbonyl (C=O) groups excluding carboxylic acids is 1. The molecular weight excluding hydrogens is 440 g/mol. The molecule has 0 aromatic heterocycles. The minimum atomic E-state index is -0.288. The minimum absolute atomic E-state index is 0.288. The standard InChI is InChI=1S/C34H48O2/c1-4-6-8-9-10-12-14-28-15-25-33(26-16-28)36-34(35)32-23-21-31(22-24-32)30-19-17-29(18-20-30)27(3)13-11-7-5-2/h15-16,19,21-27,29H,4-14,17-18,20H2,1-3H3. The summed E-state index contributed by atoms with van der Waals surface area (Å²) < 4.78 is 5.64. The van der Waals surface area contributed by atoms with Crippen molar-refractivity contribution in [2.24, 2.45) is 11.8 Å². The smallest absolute Gasteiger partial charge is 0.343 e. The fourth-order valence-electron chi connectivity index (χ4n) is 5.41. The van der Waals surface area contributed by atoms with Gasteiger partial charge in [-0.25, -0.2) is 4.79 Å². The third-order valence-corrected chi connectivity index (χ3v) is 7.96. The predicted molar refractivity (Wildman–Crippen MR) is 154 cm³/mol. The van der Waals surface area contributed by atoms with E-state index in [-0.39, 0.29) is 5.97 Å². The van der Waals surface area contributed by atoms with Gasteiger partial charge in [0.25, 0.3) is 0 Å². The third-order valence-electron chi connectivity index (χ3n) is 7.96. The Morgan fingerprint density at radius 2 is 1.53 bits per heavy atom. The maximum Gasteiger partial charge on any atom is 0.343 e. The van der Waals surface area contributed by atoms with Crippen molar-refractivity contribution < 1.29 is 9.53 Å². The van der Waals surface area contributed by atoms with Crippen LogP contribution in [0.25, 0.3) is 5.57 Å². The second-order valence-electron chi connectivity index (χ2n) is 10.9. The topological polar surface area (TPSA) is 26.3 Å². The Bertz CT molecular complexity index is 923. The summed E-state index contributed by atoms with van der Waals surface area (Å²) in [6.45, 7) is 6.96. The average Bonchev–Trinajstić information content (AvgIpc) is 2.92. The molecule has 0 fully saturated rings. The van der Waals surface area contributed by atoms with Crippen LogP contribution in [0.15, 0.2) is 54.6 Å². The first-order valence-corrected chi connectivity index (χ1v) is 14.7. The van der Waals surface area contributed by atoms with E-state index in [9.17, 15) is 4.79 Å². The molecule has 0 N–H and O–H groups in total. The Morgan fingerprint density at radius 3 is 2.19 bits per heavy atom. The van der Waals surface area contributed by atoms with E-state index in [0.29, 0.717) is 11.3 Å². The lowest BCUT2D eigenvalue weighted by molar-refractivity contribution is 0.0734. The number of hydrogen-bond donors (Lipinski definition) is 0. The summed E-state index contributed by atoms with van der Waals surface area (Å²) in [6, 6.07) is 16.0. The predicted octanol–water partition coefficient (Wildman–Crippen LogP) is 10.2. The van der Waals surface area contributed by atoms with Crippen molar-refractivity contribution >= 4 is 11.5 Å². The van der Waals surface area contributed by atoms with Crippen LogP contribution in [-0.4, -0.2) is 5.97 Å². The Morgan fingerprint density at radius 1 is 0.861 bits per heavy atom. The van der Waals surface area contributed by atoms with E-state index < -0.39 is 0 Å². The fourth-order valence-corrected chi connectivity index (χ4v) is 5.41. The van der Waals surface area contributed by atoms with Gasteiger partial charge < -0.3 is 4.74 Å². The van der Waals surface area contributed by atoms with Gasteiger partial charge in [0, 0.05) is 0 Å². The molecule has 2 atom stereocenters. The highest BCUT2D eigenvalue weighted by Crippen LogP contribution is 2.35. The lowest BCUT2D eigenvalue weighted by Crippen LogP contribution is -2.14. The lowest BCUT2D eigenvalue weighted by atomic mass is 9.78. The summed E-state index contributed by atoms with van der Waals surface area (Å²) in [4.78, 5) is 12.7. The van der Waals surface area contributed by atoms with Gasteiger partial charge in [-0.3, -0.25) is 0 Å². The van der Waals surface area contributed by atoms with Crippen LogP contribution in [0.4, 0.5) is 0 Å². The zero-order chi connectivity index (χ0) is 25.6. The highest BCUT2D eigenvalue weighted by molar-refractivity contribution is 5.91. The Hall–Kier alpha value is -2.35. The van der Waals surface area contributed by atoms with E-state index >= 15 is 0 Å². The van der Waals surface area contributed by atoms with Crippen molar-refractivity contribution in [1.82, 2.24) is 0 Å². The number of hydrogen-bond acceptors (Lipinski definition) is 2. The van der Waals surface area contributed by atoms with Crippen LogP contribution in [0.3, 0.4) is 0 Å². The molecule has 36 heavy (non-hydrogen) atoms. The number of aryl methyl sites for hydroxylation is 1. The number of esters is 1. The lowest BCUT2D eigenvalue weighted by Gasteiger charge is -2.27. The average molecular weight is 489 g/mol. The second-order valence-corrected chi connectivity index (χ2v) is 10.9. The van der Waals surface area contributed by atoms with Crippen molar-refractivity contribution in [3.63, 3.8) is 0 Å². The van der Waals surface area contributed by atoms with Crippen molar-refractivity contribution in [1.29, 1.82) is 0 Å². The van der Waals surface area contributed by atoms with E-state index in [2.05, 4.69) is 51.1 Å². The van der Waals surface area contributed by atoms with Crippen molar-refractivity contribution in [3.05, 3.63) is 71.3 Å². The maximum absolute atomic E-state index is 12.7. The number of rotatable bonds is 15. The molecule has 0 heterocycles. The van der Waals surface area contributed by atoms with Crippen LogP contribution in [0.1, 0.15) is 126 Å². The molecule has 1 aliphatic carbocycles. The van der Waals surface area contributed by atoms with Gasteiger partial charge in [-0.15, -0.1) is 0 Å². The number of ether oxygens (including phenoxy) is 1. The monoisotopic (exact) mass is 488 g/mol. The van der Waals surface area contributed by atoms with Gasteiger partial charge in [-0.2, -0.15) is 0 Å². The quantitative estimate of drug-likeness (QED) is 0.142. The van der Waals surface area contributed by atoms with E-state index in [1.54, 1.807) is 0 Å². The van der Waals surface area contributed by atoms with Crippen molar-refractivity contribution in [2.75, 3.05) is 0 Å². The zero-order valence-electron chi connectivity index (χ0n) is 23.1. The van der Waals surface area contributed by atoms with Crippen molar-refractivity contribution in [3.8, 4) is 5.75 Å². The van der Waals surface area contributed by atoms with Crippen LogP contribution in [0.5, 0.6) is 5.75 Å². The molecule has 2 heteroatoms. The Kier molecular flexibility index (Phi) is 12.3. The maximum atomic E-state index is 12.7. The first-order chi connectivity index (χ1) is 17.6. The van der Waals surface area contributed by atoms with Gasteiger partial charge in [0.1, 0.15) is 5.75 Å². The van der Waals surface area contributed by atoms with Crippen LogP contribution in [0.2, 0.25) is 0 Å². The van der Waals surface area contributed by atoms with Gasteiger partial charge in [0.05, 0.1) is 5.56 Å². The largest absolute Gasteiger partial charge is 0.423 e. The van der Waals surface area contributed by atoms with E-state index in [1.807, 2.05) is 24.3 Å². The molecule has 2 nitrogen and oxygen atoms in total. The van der Waals surface area contributed by atoms with Gasteiger partial charge >= 0.3 is 5.97 Å². The summed E-state index contributed by atoms with van der Waals surface area (Å²) in [5.41, 5.74) is 4.58. The Labute approximate surface area is 220 Å². The molecule has 2 aromatic carbocycles. The van der Waals surface area contributed by atoms with Gasteiger partial charge in [-0.05, 0) is 84.9 Å². The second kappa shape index (κ2) is 15.7. The first kappa shape index (κ1) is 28.2. The summed E-state index contributed by atoms with van der Waals surface area (Å²) in [6.07, 6.45) is 20.4. The number of allylic oxidation sites excluding steroid dienone is 2. The molecule has 0 bridgehead atoms. The normalized spacial score (nSPS) is 16.4. The molecule has 1 aliphatic rings. The van der Waals surface area contributed by atoms with Crippen LogP contribution >= 0.6 is 0 Å². The zero-order valence-corrected chi connectivity index (χ0v) is 23.1. The summed E-state index contributed by atoms with van der Waals surface area (Å²) >= 11 is 0. The van der Waals surface area contributed by atoms with E-state index in [1.165, 1.54) is 93.7 Å². The molecule has 0 saturated heterocycles. The highest BCUT2D eigenvalue weighted by Gasteiger charge is 2.21. The van der Waals surface area contributed by atoms with E-state index in [4.69, 9.17) is 4.74 Å². The van der Waals surface area contributed by atoms with Crippen LogP contribution in [-0.2, 0) is 6.42 Å². The number of carbonyl (C=O) groups is 1. The first-order valence-electron chi connectivity index (χ1n) is 14.7. The molecule has 2 unspecified atom stereocenters. The van der Waals surface area contributed by atoms with Crippen LogP contribution in [0, 0.1) is 11.8 Å². The van der Waals surface area contributed by atoms with Crippen LogP contribution < -0.4 is 4.74 Å². The van der Waals surface area contributed by atoms with Gasteiger partial charge in [0.2, 0.25) is 0 Å². The molecule has 196 valence electrons. The minimum Gasteiger partial charge on any atom is -0.423 e. The van der Waals surface area contributed by atoms with Crippen molar-refractivity contribution in [2.45, 2.75) is 111 Å². The van der Waals surface area contributed by atoms with Gasteiger partial charge in [-0.1, -0.05) is 109 Å². The third kappa shape index (κ3) is 9.26. The molecule has 0 amide bonds. The SMILES string of the molecule is CCCCCCCCc1ccc(OC(=O)c2ccc(C3=CCC(C(C)CCCCC)CC3)cc2)cc1. The Balaban J connectivity index is 1.44. The summed E-state index contributed by atoms with van der Waals surface area (Å²) in [7, 11) is 0. The molecule has 0 radical (unpaired) electrons.